The minimum Gasteiger partial charge on any atom is -0.461 e. The number of aromatic amines is 1. The van der Waals surface area contributed by atoms with E-state index in [4.69, 9.17) is 4.74 Å². The van der Waals surface area contributed by atoms with Crippen LogP contribution in [0.15, 0.2) is 35.2 Å². The fourth-order valence-electron chi connectivity index (χ4n) is 3.16. The van der Waals surface area contributed by atoms with Gasteiger partial charge in [0, 0.05) is 24.7 Å². The summed E-state index contributed by atoms with van der Waals surface area (Å²) in [7, 11) is -3.59. The van der Waals surface area contributed by atoms with Crippen LogP contribution in [0.2, 0.25) is 0 Å². The summed E-state index contributed by atoms with van der Waals surface area (Å²) in [5.41, 5.74) is 3.10. The van der Waals surface area contributed by atoms with Crippen LogP contribution in [0.25, 0.3) is 0 Å². The number of aryl methyl sites for hydroxylation is 1. The Morgan fingerprint density at radius 2 is 2.00 bits per heavy atom. The van der Waals surface area contributed by atoms with E-state index in [1.54, 1.807) is 37.3 Å². The van der Waals surface area contributed by atoms with Crippen LogP contribution in [0.4, 0.5) is 0 Å². The fraction of sp³-hybridized carbons (Fsp3) is 0.389. The van der Waals surface area contributed by atoms with Crippen molar-refractivity contribution in [2.45, 2.75) is 38.1 Å². The molecule has 2 heterocycles. The zero-order valence-corrected chi connectivity index (χ0v) is 15.4. The van der Waals surface area contributed by atoms with E-state index in [1.807, 2.05) is 13.8 Å². The van der Waals surface area contributed by atoms with Crippen molar-refractivity contribution in [1.82, 2.24) is 9.29 Å². The molecule has 1 aromatic carbocycles. The topological polar surface area (TPSA) is 79.5 Å². The molecular formula is C18H22N2O4S. The van der Waals surface area contributed by atoms with Crippen molar-refractivity contribution in [3.63, 3.8) is 0 Å². The number of carbonyl (C=O) groups is 1. The lowest BCUT2D eigenvalue weighted by atomic mass is 10.0. The summed E-state index contributed by atoms with van der Waals surface area (Å²) in [6.07, 6.45) is 0.532. The van der Waals surface area contributed by atoms with E-state index in [0.717, 1.165) is 16.8 Å². The maximum Gasteiger partial charge on any atom is 0.354 e. The number of nitrogens with zero attached hydrogens (tertiary/aromatic N) is 1. The van der Waals surface area contributed by atoms with Crippen molar-refractivity contribution in [3.8, 4) is 0 Å². The molecule has 7 heteroatoms. The second-order valence-corrected chi connectivity index (χ2v) is 8.08. The molecule has 134 valence electrons. The van der Waals surface area contributed by atoms with E-state index in [-0.39, 0.29) is 10.9 Å². The predicted molar refractivity (Wildman–Crippen MR) is 93.9 cm³/mol. The summed E-state index contributed by atoms with van der Waals surface area (Å²) in [5, 5.41) is 0. The summed E-state index contributed by atoms with van der Waals surface area (Å²) >= 11 is 0. The molecule has 0 saturated heterocycles. The molecule has 25 heavy (non-hydrogen) atoms. The number of sulfonamides is 1. The number of ether oxygens (including phenoxy) is 1. The molecular weight excluding hydrogens is 340 g/mol. The van der Waals surface area contributed by atoms with Gasteiger partial charge in [-0.2, -0.15) is 4.31 Å². The number of esters is 1. The highest BCUT2D eigenvalue weighted by Crippen LogP contribution is 2.34. The number of fused-ring (bicyclic) bond motifs is 1. The first-order chi connectivity index (χ1) is 11.8. The standard InChI is InChI=1S/C18H22N2O4S/c1-4-24-18(21)17-11-15-13(3)20(10-9-16(15)19-17)25(22,23)14-7-5-12(2)6-8-14/h5-8,11,13,19H,4,9-10H2,1-3H3. The Bertz CT molecular complexity index is 884. The van der Waals surface area contributed by atoms with Crippen molar-refractivity contribution in [1.29, 1.82) is 0 Å². The molecule has 0 radical (unpaired) electrons. The van der Waals surface area contributed by atoms with Gasteiger partial charge in [0.05, 0.1) is 11.5 Å². The number of rotatable bonds is 4. The lowest BCUT2D eigenvalue weighted by Crippen LogP contribution is -2.38. The molecule has 0 fully saturated rings. The average Bonchev–Trinajstić information content (AvgIpc) is 3.01. The van der Waals surface area contributed by atoms with Crippen molar-refractivity contribution >= 4 is 16.0 Å². The van der Waals surface area contributed by atoms with Crippen LogP contribution in [0.3, 0.4) is 0 Å². The van der Waals surface area contributed by atoms with Crippen LogP contribution >= 0.6 is 0 Å². The van der Waals surface area contributed by atoms with Gasteiger partial charge in [-0.15, -0.1) is 0 Å². The highest BCUT2D eigenvalue weighted by Gasteiger charge is 2.35. The van der Waals surface area contributed by atoms with E-state index >= 15 is 0 Å². The molecule has 1 aliphatic rings. The van der Waals surface area contributed by atoms with Crippen LogP contribution in [0.5, 0.6) is 0 Å². The molecule has 0 saturated carbocycles. The summed E-state index contributed by atoms with van der Waals surface area (Å²) in [4.78, 5) is 15.3. The lowest BCUT2D eigenvalue weighted by Gasteiger charge is -2.32. The lowest BCUT2D eigenvalue weighted by molar-refractivity contribution is 0.0520. The molecule has 2 aromatic rings. The number of hydrogen-bond acceptors (Lipinski definition) is 4. The van der Waals surface area contributed by atoms with Gasteiger partial charge in [-0.25, -0.2) is 13.2 Å². The number of carbonyl (C=O) groups excluding carboxylic acids is 1. The summed E-state index contributed by atoms with van der Waals surface area (Å²) < 4.78 is 32.5. The third kappa shape index (κ3) is 3.21. The van der Waals surface area contributed by atoms with Crippen molar-refractivity contribution in [2.75, 3.05) is 13.2 Å². The van der Waals surface area contributed by atoms with Gasteiger partial charge in [0.1, 0.15) is 5.69 Å². The predicted octanol–water partition coefficient (Wildman–Crippen LogP) is 2.81. The summed E-state index contributed by atoms with van der Waals surface area (Å²) in [6.45, 7) is 6.17. The number of hydrogen-bond donors (Lipinski definition) is 1. The third-order valence-corrected chi connectivity index (χ3v) is 6.51. The molecule has 0 bridgehead atoms. The third-order valence-electron chi connectivity index (χ3n) is 4.52. The Balaban J connectivity index is 1.92. The molecule has 6 nitrogen and oxygen atoms in total. The molecule has 1 aromatic heterocycles. The second kappa shape index (κ2) is 6.65. The second-order valence-electron chi connectivity index (χ2n) is 6.19. The zero-order valence-electron chi connectivity index (χ0n) is 14.6. The van der Waals surface area contributed by atoms with Crippen LogP contribution in [0.1, 0.15) is 47.2 Å². The Hall–Kier alpha value is -2.12. The molecule has 3 rings (SSSR count). The van der Waals surface area contributed by atoms with Crippen LogP contribution < -0.4 is 0 Å². The molecule has 1 aliphatic heterocycles. The number of H-pyrrole nitrogens is 1. The maximum atomic E-state index is 13.0. The molecule has 1 unspecified atom stereocenters. The van der Waals surface area contributed by atoms with Gasteiger partial charge in [0.15, 0.2) is 0 Å². The number of benzene rings is 1. The van der Waals surface area contributed by atoms with Gasteiger partial charge in [-0.1, -0.05) is 17.7 Å². The SMILES string of the molecule is CCOC(=O)c1cc2c([nH]1)CCN(S(=O)(=O)c1ccc(C)cc1)C2C. The van der Waals surface area contributed by atoms with Gasteiger partial charge in [-0.3, -0.25) is 0 Å². The Kier molecular flexibility index (Phi) is 4.71. The summed E-state index contributed by atoms with van der Waals surface area (Å²) in [5.74, 6) is -0.419. The zero-order chi connectivity index (χ0) is 18.2. The molecule has 1 N–H and O–H groups in total. The van der Waals surface area contributed by atoms with Gasteiger partial charge >= 0.3 is 5.97 Å². The van der Waals surface area contributed by atoms with E-state index in [1.165, 1.54) is 4.31 Å². The number of nitrogens with one attached hydrogen (secondary N) is 1. The normalized spacial score (nSPS) is 18.0. The van der Waals surface area contributed by atoms with Crippen molar-refractivity contribution in [3.05, 3.63) is 52.8 Å². The highest BCUT2D eigenvalue weighted by atomic mass is 32.2. The average molecular weight is 362 g/mol. The first-order valence-corrected chi connectivity index (χ1v) is 9.76. The Morgan fingerprint density at radius 1 is 1.32 bits per heavy atom. The van der Waals surface area contributed by atoms with Gasteiger partial charge in [0.25, 0.3) is 0 Å². The molecule has 0 spiro atoms. The van der Waals surface area contributed by atoms with Crippen molar-refractivity contribution in [2.24, 2.45) is 0 Å². The quantitative estimate of drug-likeness (QED) is 0.848. The van der Waals surface area contributed by atoms with Gasteiger partial charge in [-0.05, 0) is 44.5 Å². The summed E-state index contributed by atoms with van der Waals surface area (Å²) in [6, 6.07) is 8.20. The largest absolute Gasteiger partial charge is 0.461 e. The van der Waals surface area contributed by atoms with E-state index in [2.05, 4.69) is 4.98 Å². The van der Waals surface area contributed by atoms with Crippen LogP contribution in [0, 0.1) is 6.92 Å². The minimum atomic E-state index is -3.59. The van der Waals surface area contributed by atoms with E-state index < -0.39 is 16.0 Å². The first-order valence-electron chi connectivity index (χ1n) is 8.32. The Morgan fingerprint density at radius 3 is 2.64 bits per heavy atom. The fourth-order valence-corrected chi connectivity index (χ4v) is 4.77. The molecule has 0 amide bonds. The first kappa shape index (κ1) is 17.7. The van der Waals surface area contributed by atoms with Crippen LogP contribution in [-0.2, 0) is 21.2 Å². The number of aromatic nitrogens is 1. The minimum absolute atomic E-state index is 0.287. The maximum absolute atomic E-state index is 13.0. The van der Waals surface area contributed by atoms with Gasteiger partial charge in [0.2, 0.25) is 10.0 Å². The van der Waals surface area contributed by atoms with E-state index in [0.29, 0.717) is 25.3 Å². The smallest absolute Gasteiger partial charge is 0.354 e. The van der Waals surface area contributed by atoms with Crippen LogP contribution in [-0.4, -0.2) is 36.8 Å². The Labute approximate surface area is 147 Å². The van der Waals surface area contributed by atoms with E-state index in [9.17, 15) is 13.2 Å². The molecule has 1 atom stereocenters. The highest BCUT2D eigenvalue weighted by molar-refractivity contribution is 7.89. The van der Waals surface area contributed by atoms with Crippen molar-refractivity contribution < 1.29 is 17.9 Å². The monoisotopic (exact) mass is 362 g/mol. The molecule has 0 aliphatic carbocycles. The van der Waals surface area contributed by atoms with Gasteiger partial charge < -0.3 is 9.72 Å².